The van der Waals surface area contributed by atoms with E-state index >= 15 is 0 Å². The smallest absolute Gasteiger partial charge is 0.322 e. The number of carbonyl (C=O) groups excluding carboxylic acids is 1. The number of carbonyl (C=O) groups is 1. The molecule has 148 valence electrons. The highest BCUT2D eigenvalue weighted by molar-refractivity contribution is 8.01. The molecule has 0 aliphatic carbocycles. The van der Waals surface area contributed by atoms with Crippen molar-refractivity contribution in [2.45, 2.75) is 51.4 Å². The molecule has 1 N–H and O–H groups in total. The van der Waals surface area contributed by atoms with Crippen molar-refractivity contribution in [2.75, 3.05) is 6.61 Å². The molecule has 0 bridgehead atoms. The number of hydrogen-bond donors (Lipinski definition) is 1. The molecule has 0 saturated heterocycles. The summed E-state index contributed by atoms with van der Waals surface area (Å²) in [7, 11) is 0. The van der Waals surface area contributed by atoms with E-state index in [0.717, 1.165) is 16.0 Å². The minimum atomic E-state index is -0.844. The van der Waals surface area contributed by atoms with Gasteiger partial charge in [-0.2, -0.15) is 0 Å². The molecule has 5 nitrogen and oxygen atoms in total. The second-order valence-corrected chi connectivity index (χ2v) is 10.0. The van der Waals surface area contributed by atoms with E-state index in [4.69, 9.17) is 4.74 Å². The lowest BCUT2D eigenvalue weighted by Crippen LogP contribution is -2.30. The van der Waals surface area contributed by atoms with Gasteiger partial charge in [-0.05, 0) is 58.2 Å². The number of esters is 1. The number of nitrogens with one attached hydrogen (secondary N) is 1. The Labute approximate surface area is 172 Å². The van der Waals surface area contributed by atoms with Crippen LogP contribution in [-0.2, 0) is 9.53 Å². The Balaban J connectivity index is 2.08. The van der Waals surface area contributed by atoms with Crippen LogP contribution in [0.5, 0.6) is 0 Å². The molecule has 3 aromatic rings. The van der Waals surface area contributed by atoms with Crippen LogP contribution in [0.1, 0.15) is 36.8 Å². The summed E-state index contributed by atoms with van der Waals surface area (Å²) in [5.41, 5.74) is 4.16. The monoisotopic (exact) mass is 416 g/mol. The Hall–Kier alpha value is -2.12. The molecule has 0 atom stereocenters. The predicted octanol–water partition coefficient (Wildman–Crippen LogP) is 5.01. The summed E-state index contributed by atoms with van der Waals surface area (Å²) in [5.74, 6) is -0.332. The number of thiophene rings is 1. The number of hydrogen-bond acceptors (Lipinski definition) is 6. The van der Waals surface area contributed by atoms with E-state index in [9.17, 15) is 9.59 Å². The van der Waals surface area contributed by atoms with Crippen LogP contribution >= 0.6 is 23.1 Å². The van der Waals surface area contributed by atoms with Gasteiger partial charge in [0.25, 0.3) is 5.56 Å². The van der Waals surface area contributed by atoms with Crippen LogP contribution in [-0.4, -0.2) is 27.3 Å². The molecule has 0 radical (unpaired) electrons. The van der Waals surface area contributed by atoms with E-state index in [-0.39, 0.29) is 11.5 Å². The third kappa shape index (κ3) is 3.86. The number of nitrogens with zero attached hydrogens (tertiary/aromatic N) is 1. The number of H-pyrrole nitrogens is 1. The van der Waals surface area contributed by atoms with Gasteiger partial charge in [-0.25, -0.2) is 4.98 Å². The number of ether oxygens (including phenoxy) is 1. The Bertz CT molecular complexity index is 1110. The second kappa shape index (κ2) is 7.72. The van der Waals surface area contributed by atoms with Crippen LogP contribution in [0, 0.1) is 20.8 Å². The second-order valence-electron chi connectivity index (χ2n) is 7.22. The number of aryl methyl sites for hydroxylation is 3. The van der Waals surface area contributed by atoms with Crippen LogP contribution in [0.2, 0.25) is 0 Å². The van der Waals surface area contributed by atoms with Gasteiger partial charge < -0.3 is 9.72 Å². The lowest BCUT2D eigenvalue weighted by molar-refractivity contribution is -0.145. The van der Waals surface area contributed by atoms with Gasteiger partial charge in [0.1, 0.15) is 9.58 Å². The first-order valence-corrected chi connectivity index (χ1v) is 10.7. The molecule has 7 heteroatoms. The minimum absolute atomic E-state index is 0.190. The van der Waals surface area contributed by atoms with Crippen molar-refractivity contribution < 1.29 is 9.53 Å². The molecule has 0 fully saturated rings. The Morgan fingerprint density at radius 2 is 1.96 bits per heavy atom. The summed E-state index contributed by atoms with van der Waals surface area (Å²) in [6.07, 6.45) is 0. The molecular weight excluding hydrogens is 392 g/mol. The van der Waals surface area contributed by atoms with Gasteiger partial charge in [0.2, 0.25) is 0 Å². The van der Waals surface area contributed by atoms with Crippen LogP contribution < -0.4 is 5.56 Å². The first-order chi connectivity index (χ1) is 13.1. The molecule has 2 heterocycles. The van der Waals surface area contributed by atoms with Crippen LogP contribution in [0.3, 0.4) is 0 Å². The highest BCUT2D eigenvalue weighted by Crippen LogP contribution is 2.38. The number of thioether (sulfide) groups is 1. The normalized spacial score (nSPS) is 11.8. The first-order valence-electron chi connectivity index (χ1n) is 9.11. The Kier molecular flexibility index (Phi) is 5.68. The van der Waals surface area contributed by atoms with Crippen molar-refractivity contribution in [3.05, 3.63) is 44.6 Å². The van der Waals surface area contributed by atoms with E-state index < -0.39 is 4.75 Å². The first kappa shape index (κ1) is 20.6. The molecule has 0 spiro atoms. The maximum atomic E-state index is 12.9. The molecule has 0 unspecified atom stereocenters. The number of benzene rings is 1. The van der Waals surface area contributed by atoms with E-state index in [0.29, 0.717) is 22.0 Å². The fourth-order valence-corrected chi connectivity index (χ4v) is 4.99. The van der Waals surface area contributed by atoms with Crippen molar-refractivity contribution >= 4 is 39.3 Å². The van der Waals surface area contributed by atoms with Crippen molar-refractivity contribution in [3.63, 3.8) is 0 Å². The SMILES string of the molecule is CCOC(=O)C(C)(C)Sc1nc2sc(C)c(-c3ccc(C)c(C)c3)c2c(=O)[nH]1. The summed E-state index contributed by atoms with van der Waals surface area (Å²) in [4.78, 5) is 34.3. The average Bonchev–Trinajstić information content (AvgIpc) is 2.93. The number of aromatic amines is 1. The van der Waals surface area contributed by atoms with Gasteiger partial charge in [0.05, 0.1) is 12.0 Å². The van der Waals surface area contributed by atoms with E-state index in [2.05, 4.69) is 35.9 Å². The molecule has 3 rings (SSSR count). The maximum Gasteiger partial charge on any atom is 0.322 e. The molecule has 0 saturated carbocycles. The zero-order valence-electron chi connectivity index (χ0n) is 16.9. The average molecular weight is 417 g/mol. The zero-order chi connectivity index (χ0) is 20.6. The largest absolute Gasteiger partial charge is 0.465 e. The lowest BCUT2D eigenvalue weighted by atomic mass is 9.99. The Morgan fingerprint density at radius 3 is 2.61 bits per heavy atom. The Morgan fingerprint density at radius 1 is 1.25 bits per heavy atom. The van der Waals surface area contributed by atoms with Crippen LogP contribution in [0.4, 0.5) is 0 Å². The molecule has 0 aliphatic heterocycles. The number of rotatable bonds is 5. The van der Waals surface area contributed by atoms with Gasteiger partial charge in [-0.3, -0.25) is 9.59 Å². The van der Waals surface area contributed by atoms with Crippen LogP contribution in [0.25, 0.3) is 21.3 Å². The molecule has 0 aliphatic rings. The fraction of sp³-hybridized carbons (Fsp3) is 0.381. The highest BCUT2D eigenvalue weighted by atomic mass is 32.2. The standard InChI is InChI=1S/C21H24N2O3S2/c1-7-26-19(25)21(5,6)28-20-22-17(24)16-15(13(4)27-18(16)23-20)14-9-8-11(2)12(3)10-14/h8-10H,7H2,1-6H3,(H,22,23,24). The van der Waals surface area contributed by atoms with Crippen molar-refractivity contribution in [2.24, 2.45) is 0 Å². The summed E-state index contributed by atoms with van der Waals surface area (Å²) >= 11 is 2.70. The zero-order valence-corrected chi connectivity index (χ0v) is 18.6. The molecule has 28 heavy (non-hydrogen) atoms. The van der Waals surface area contributed by atoms with Gasteiger partial charge >= 0.3 is 5.97 Å². The molecule has 0 amide bonds. The van der Waals surface area contributed by atoms with Gasteiger partial charge in [0.15, 0.2) is 5.16 Å². The van der Waals surface area contributed by atoms with E-state index in [1.54, 1.807) is 20.8 Å². The topological polar surface area (TPSA) is 72.0 Å². The molecule has 2 aromatic heterocycles. The summed E-state index contributed by atoms with van der Waals surface area (Å²) in [6, 6.07) is 6.22. The van der Waals surface area contributed by atoms with E-state index in [1.165, 1.54) is 34.2 Å². The third-order valence-corrected chi connectivity index (χ3v) is 6.69. The van der Waals surface area contributed by atoms with Gasteiger partial charge in [-0.15, -0.1) is 11.3 Å². The number of fused-ring (bicyclic) bond motifs is 1. The maximum absolute atomic E-state index is 12.9. The van der Waals surface area contributed by atoms with Crippen LogP contribution in [0.15, 0.2) is 28.2 Å². The fourth-order valence-electron chi connectivity index (χ4n) is 2.98. The summed E-state index contributed by atoms with van der Waals surface area (Å²) in [6.45, 7) is 11.8. The minimum Gasteiger partial charge on any atom is -0.465 e. The van der Waals surface area contributed by atoms with Gasteiger partial charge in [0, 0.05) is 10.4 Å². The predicted molar refractivity (Wildman–Crippen MR) is 116 cm³/mol. The van der Waals surface area contributed by atoms with Crippen molar-refractivity contribution in [1.29, 1.82) is 0 Å². The summed E-state index contributed by atoms with van der Waals surface area (Å²) < 4.78 is 4.28. The summed E-state index contributed by atoms with van der Waals surface area (Å²) in [5, 5.41) is 1.02. The van der Waals surface area contributed by atoms with Crippen molar-refractivity contribution in [3.8, 4) is 11.1 Å². The third-order valence-electron chi connectivity index (χ3n) is 4.63. The lowest BCUT2D eigenvalue weighted by Gasteiger charge is -2.20. The van der Waals surface area contributed by atoms with E-state index in [1.807, 2.05) is 13.0 Å². The quantitative estimate of drug-likeness (QED) is 0.360. The molecular formula is C21H24N2O3S2. The molecule has 1 aromatic carbocycles. The number of aromatic nitrogens is 2. The van der Waals surface area contributed by atoms with Gasteiger partial charge in [-0.1, -0.05) is 30.0 Å². The highest BCUT2D eigenvalue weighted by Gasteiger charge is 2.32. The van der Waals surface area contributed by atoms with Crippen molar-refractivity contribution in [1.82, 2.24) is 9.97 Å².